The smallest absolute Gasteiger partial charge is 0.291 e. The zero-order chi connectivity index (χ0) is 12.3. The number of hydrogen-bond acceptors (Lipinski definition) is 4. The van der Waals surface area contributed by atoms with Crippen LogP contribution in [0, 0.1) is 0 Å². The highest BCUT2D eigenvalue weighted by molar-refractivity contribution is 5.90. The molecule has 0 aromatic carbocycles. The summed E-state index contributed by atoms with van der Waals surface area (Å²) in [5, 5.41) is 9.35. The van der Waals surface area contributed by atoms with Gasteiger partial charge in [0, 0.05) is 18.0 Å². The molecule has 0 radical (unpaired) electrons. The summed E-state index contributed by atoms with van der Waals surface area (Å²) < 4.78 is 0. The van der Waals surface area contributed by atoms with E-state index in [9.17, 15) is 4.79 Å². The Labute approximate surface area is 95.0 Å². The molecular weight excluding hydrogens is 206 g/mol. The lowest BCUT2D eigenvalue weighted by Gasteiger charge is -2.13. The van der Waals surface area contributed by atoms with Crippen molar-refractivity contribution >= 4 is 5.91 Å². The van der Waals surface area contributed by atoms with Crippen molar-refractivity contribution in [3.8, 4) is 0 Å². The molecule has 0 fully saturated rings. The molecule has 0 unspecified atom stereocenters. The average Bonchev–Trinajstić information content (AvgIpc) is 2.65. The third kappa shape index (κ3) is 3.03. The van der Waals surface area contributed by atoms with E-state index in [1.54, 1.807) is 0 Å². The lowest BCUT2D eigenvalue weighted by Crippen LogP contribution is -2.38. The van der Waals surface area contributed by atoms with E-state index in [0.717, 1.165) is 0 Å². The SMILES string of the molecule is C[C@H](CN)NC(=O)c1n[nH]c(C(C)(C)C)n1. The first-order valence-corrected chi connectivity index (χ1v) is 5.28. The van der Waals surface area contributed by atoms with Gasteiger partial charge < -0.3 is 11.1 Å². The lowest BCUT2D eigenvalue weighted by atomic mass is 9.96. The molecule has 4 N–H and O–H groups in total. The van der Waals surface area contributed by atoms with Gasteiger partial charge in [0.2, 0.25) is 5.82 Å². The molecule has 0 aliphatic carbocycles. The van der Waals surface area contributed by atoms with Gasteiger partial charge >= 0.3 is 0 Å². The maximum atomic E-state index is 11.6. The number of hydrogen-bond donors (Lipinski definition) is 3. The largest absolute Gasteiger partial charge is 0.346 e. The quantitative estimate of drug-likeness (QED) is 0.683. The molecule has 16 heavy (non-hydrogen) atoms. The van der Waals surface area contributed by atoms with Gasteiger partial charge in [-0.2, -0.15) is 0 Å². The van der Waals surface area contributed by atoms with Crippen LogP contribution in [-0.4, -0.2) is 33.7 Å². The molecule has 0 aliphatic rings. The Bertz CT molecular complexity index is 366. The highest BCUT2D eigenvalue weighted by Gasteiger charge is 2.21. The normalized spacial score (nSPS) is 13.6. The highest BCUT2D eigenvalue weighted by Crippen LogP contribution is 2.17. The van der Waals surface area contributed by atoms with Gasteiger partial charge in [-0.05, 0) is 6.92 Å². The summed E-state index contributed by atoms with van der Waals surface area (Å²) in [5.74, 6) is 0.549. The van der Waals surface area contributed by atoms with Gasteiger partial charge in [-0.25, -0.2) is 4.98 Å². The van der Waals surface area contributed by atoms with Crippen LogP contribution < -0.4 is 11.1 Å². The summed E-state index contributed by atoms with van der Waals surface area (Å²) in [4.78, 5) is 15.8. The molecule has 0 spiro atoms. The summed E-state index contributed by atoms with van der Waals surface area (Å²) >= 11 is 0. The molecule has 1 amide bonds. The zero-order valence-electron chi connectivity index (χ0n) is 10.2. The third-order valence-electron chi connectivity index (χ3n) is 2.13. The predicted octanol–water partition coefficient (Wildman–Crippen LogP) is 0.179. The molecule has 6 heteroatoms. The lowest BCUT2D eigenvalue weighted by molar-refractivity contribution is 0.0931. The second-order valence-electron chi connectivity index (χ2n) is 4.87. The molecule has 90 valence electrons. The van der Waals surface area contributed by atoms with Gasteiger partial charge in [-0.15, -0.1) is 5.10 Å². The number of aromatic nitrogens is 3. The van der Waals surface area contributed by atoms with Crippen molar-refractivity contribution in [1.29, 1.82) is 0 Å². The number of nitrogens with two attached hydrogens (primary N) is 1. The van der Waals surface area contributed by atoms with E-state index in [4.69, 9.17) is 5.73 Å². The Balaban J connectivity index is 2.75. The molecule has 6 nitrogen and oxygen atoms in total. The Morgan fingerprint density at radius 2 is 2.19 bits per heavy atom. The molecule has 0 saturated carbocycles. The molecule has 0 bridgehead atoms. The van der Waals surface area contributed by atoms with Crippen LogP contribution in [0.4, 0.5) is 0 Å². The first-order chi connectivity index (χ1) is 7.34. The molecule has 1 aromatic rings. The molecule has 0 aliphatic heterocycles. The fraction of sp³-hybridized carbons (Fsp3) is 0.700. The number of aromatic amines is 1. The minimum atomic E-state index is -0.301. The first-order valence-electron chi connectivity index (χ1n) is 5.28. The standard InChI is InChI=1S/C10H19N5O/c1-6(5-11)12-8(16)7-13-9(15-14-7)10(2,3)4/h6H,5,11H2,1-4H3,(H,12,16)(H,13,14,15)/t6-/m1/s1. The van der Waals surface area contributed by atoms with E-state index in [2.05, 4.69) is 20.5 Å². The van der Waals surface area contributed by atoms with Crippen LogP contribution >= 0.6 is 0 Å². The van der Waals surface area contributed by atoms with Crippen LogP contribution in [0.2, 0.25) is 0 Å². The third-order valence-corrected chi connectivity index (χ3v) is 2.13. The number of carbonyl (C=O) groups excluding carboxylic acids is 1. The fourth-order valence-electron chi connectivity index (χ4n) is 1.05. The zero-order valence-corrected chi connectivity index (χ0v) is 10.2. The molecule has 1 heterocycles. The van der Waals surface area contributed by atoms with Crippen molar-refractivity contribution in [2.75, 3.05) is 6.54 Å². The van der Waals surface area contributed by atoms with Crippen LogP contribution in [0.15, 0.2) is 0 Å². The monoisotopic (exact) mass is 225 g/mol. The summed E-state index contributed by atoms with van der Waals surface area (Å²) in [6.07, 6.45) is 0. The van der Waals surface area contributed by atoms with Gasteiger partial charge in [-0.3, -0.25) is 9.89 Å². The van der Waals surface area contributed by atoms with Crippen LogP contribution in [0.3, 0.4) is 0 Å². The van der Waals surface area contributed by atoms with E-state index in [0.29, 0.717) is 12.4 Å². The predicted molar refractivity (Wildman–Crippen MR) is 61.1 cm³/mol. The highest BCUT2D eigenvalue weighted by atomic mass is 16.2. The summed E-state index contributed by atoms with van der Waals surface area (Å²) in [5.41, 5.74) is 5.26. The Morgan fingerprint density at radius 1 is 1.56 bits per heavy atom. The van der Waals surface area contributed by atoms with E-state index < -0.39 is 0 Å². The average molecular weight is 225 g/mol. The Morgan fingerprint density at radius 3 is 2.62 bits per heavy atom. The van der Waals surface area contributed by atoms with E-state index >= 15 is 0 Å². The maximum Gasteiger partial charge on any atom is 0.291 e. The first kappa shape index (κ1) is 12.6. The van der Waals surface area contributed by atoms with Gasteiger partial charge in [0.1, 0.15) is 5.82 Å². The number of rotatable bonds is 3. The molecule has 1 rings (SSSR count). The van der Waals surface area contributed by atoms with Crippen molar-refractivity contribution in [2.24, 2.45) is 5.73 Å². The molecule has 1 atom stereocenters. The van der Waals surface area contributed by atoms with Gasteiger partial charge in [-0.1, -0.05) is 20.8 Å². The minimum Gasteiger partial charge on any atom is -0.346 e. The molecule has 1 aromatic heterocycles. The minimum absolute atomic E-state index is 0.0795. The van der Waals surface area contributed by atoms with Gasteiger partial charge in [0.05, 0.1) is 0 Å². The van der Waals surface area contributed by atoms with Gasteiger partial charge in [0.15, 0.2) is 0 Å². The Kier molecular flexibility index (Phi) is 3.64. The van der Waals surface area contributed by atoms with E-state index in [1.165, 1.54) is 0 Å². The van der Waals surface area contributed by atoms with Crippen molar-refractivity contribution in [2.45, 2.75) is 39.2 Å². The number of nitrogens with zero attached hydrogens (tertiary/aromatic N) is 2. The second kappa shape index (κ2) is 4.61. The summed E-state index contributed by atoms with van der Waals surface area (Å²) in [6, 6.07) is -0.0795. The van der Waals surface area contributed by atoms with Crippen LogP contribution in [0.1, 0.15) is 44.1 Å². The number of nitrogens with one attached hydrogen (secondary N) is 2. The number of amides is 1. The van der Waals surface area contributed by atoms with E-state index in [-0.39, 0.29) is 23.2 Å². The van der Waals surface area contributed by atoms with Crippen molar-refractivity contribution in [3.05, 3.63) is 11.6 Å². The van der Waals surface area contributed by atoms with Crippen molar-refractivity contribution < 1.29 is 4.79 Å². The number of carbonyl (C=O) groups is 1. The maximum absolute atomic E-state index is 11.6. The topological polar surface area (TPSA) is 96.7 Å². The molecular formula is C10H19N5O. The van der Waals surface area contributed by atoms with Crippen molar-refractivity contribution in [1.82, 2.24) is 20.5 Å². The van der Waals surface area contributed by atoms with Crippen LogP contribution in [0.5, 0.6) is 0 Å². The molecule has 0 saturated heterocycles. The van der Waals surface area contributed by atoms with Crippen LogP contribution in [-0.2, 0) is 5.41 Å². The van der Waals surface area contributed by atoms with E-state index in [1.807, 2.05) is 27.7 Å². The van der Waals surface area contributed by atoms with Crippen molar-refractivity contribution in [3.63, 3.8) is 0 Å². The second-order valence-corrected chi connectivity index (χ2v) is 4.87. The van der Waals surface area contributed by atoms with Crippen LogP contribution in [0.25, 0.3) is 0 Å². The van der Waals surface area contributed by atoms with Gasteiger partial charge in [0.25, 0.3) is 5.91 Å². The fourth-order valence-corrected chi connectivity index (χ4v) is 1.05. The number of H-pyrrole nitrogens is 1. The Hall–Kier alpha value is -1.43. The summed E-state index contributed by atoms with van der Waals surface area (Å²) in [6.45, 7) is 8.21. The summed E-state index contributed by atoms with van der Waals surface area (Å²) in [7, 11) is 0.